The monoisotopic (exact) mass is 227 g/mol. The van der Waals surface area contributed by atoms with Gasteiger partial charge < -0.3 is 16.0 Å². The third-order valence-electron chi connectivity index (χ3n) is 3.64. The second-order valence-electron chi connectivity index (χ2n) is 5.57. The van der Waals surface area contributed by atoms with Crippen LogP contribution in [0.2, 0.25) is 0 Å². The molecule has 1 rings (SSSR count). The number of piperazine rings is 1. The van der Waals surface area contributed by atoms with Crippen LogP contribution in [-0.2, 0) is 4.79 Å². The van der Waals surface area contributed by atoms with E-state index in [2.05, 4.69) is 43.6 Å². The van der Waals surface area contributed by atoms with Crippen molar-refractivity contribution in [2.75, 3.05) is 26.2 Å². The topological polar surface area (TPSA) is 53.2 Å². The van der Waals surface area contributed by atoms with Crippen LogP contribution in [-0.4, -0.2) is 38.1 Å². The predicted octanol–water partition coefficient (Wildman–Crippen LogP) is 0.346. The summed E-state index contributed by atoms with van der Waals surface area (Å²) in [6, 6.07) is -0.0725. The lowest BCUT2D eigenvalue weighted by atomic mass is 9.81. The Labute approximate surface area is 98.6 Å². The van der Waals surface area contributed by atoms with Crippen LogP contribution in [0.4, 0.5) is 0 Å². The summed E-state index contributed by atoms with van der Waals surface area (Å²) < 4.78 is 0. The Hall–Kier alpha value is -0.610. The molecule has 0 aromatic rings. The third-order valence-corrected chi connectivity index (χ3v) is 3.64. The molecule has 1 aliphatic rings. The molecule has 1 amide bonds. The summed E-state index contributed by atoms with van der Waals surface area (Å²) in [7, 11) is 0. The largest absolute Gasteiger partial charge is 0.354 e. The predicted molar refractivity (Wildman–Crippen MR) is 66.3 cm³/mol. The summed E-state index contributed by atoms with van der Waals surface area (Å²) in [6.45, 7) is 12.0. The summed E-state index contributed by atoms with van der Waals surface area (Å²) in [4.78, 5) is 11.9. The van der Waals surface area contributed by atoms with E-state index in [1.54, 1.807) is 0 Å². The van der Waals surface area contributed by atoms with Gasteiger partial charge >= 0.3 is 0 Å². The highest BCUT2D eigenvalue weighted by Crippen LogP contribution is 2.24. The van der Waals surface area contributed by atoms with Crippen LogP contribution in [0.15, 0.2) is 0 Å². The van der Waals surface area contributed by atoms with Gasteiger partial charge in [0.25, 0.3) is 0 Å². The van der Waals surface area contributed by atoms with Crippen molar-refractivity contribution in [3.05, 3.63) is 0 Å². The van der Waals surface area contributed by atoms with Gasteiger partial charge in [0.05, 0.1) is 6.04 Å². The molecule has 0 aliphatic carbocycles. The SMILES string of the molecule is CC(C)C(C)(C)CNC(=O)C1CNCCN1. The fourth-order valence-corrected chi connectivity index (χ4v) is 1.48. The van der Waals surface area contributed by atoms with Gasteiger partial charge in [-0.3, -0.25) is 4.79 Å². The Kier molecular flexibility index (Phi) is 4.74. The smallest absolute Gasteiger partial charge is 0.238 e. The molecule has 16 heavy (non-hydrogen) atoms. The summed E-state index contributed by atoms with van der Waals surface area (Å²) in [5.41, 5.74) is 0.151. The minimum absolute atomic E-state index is 0.0725. The molecule has 1 saturated heterocycles. The zero-order chi connectivity index (χ0) is 12.2. The number of nitrogens with one attached hydrogen (secondary N) is 3. The van der Waals surface area contributed by atoms with Crippen molar-refractivity contribution < 1.29 is 4.79 Å². The minimum atomic E-state index is -0.0725. The lowest BCUT2D eigenvalue weighted by molar-refractivity contribution is -0.123. The van der Waals surface area contributed by atoms with Gasteiger partial charge in [-0.1, -0.05) is 27.7 Å². The van der Waals surface area contributed by atoms with Gasteiger partial charge in [0, 0.05) is 26.2 Å². The second kappa shape index (κ2) is 5.64. The van der Waals surface area contributed by atoms with Gasteiger partial charge in [0.15, 0.2) is 0 Å². The van der Waals surface area contributed by atoms with E-state index in [0.717, 1.165) is 26.2 Å². The second-order valence-corrected chi connectivity index (χ2v) is 5.57. The Bertz CT molecular complexity index is 232. The van der Waals surface area contributed by atoms with Crippen LogP contribution >= 0.6 is 0 Å². The molecule has 0 bridgehead atoms. The third kappa shape index (κ3) is 3.76. The molecule has 0 spiro atoms. The molecule has 0 aromatic heterocycles. The molecule has 3 N–H and O–H groups in total. The van der Waals surface area contributed by atoms with E-state index >= 15 is 0 Å². The molecule has 1 atom stereocenters. The Balaban J connectivity index is 2.34. The fourth-order valence-electron chi connectivity index (χ4n) is 1.48. The van der Waals surface area contributed by atoms with E-state index in [1.807, 2.05) is 0 Å². The Morgan fingerprint density at radius 2 is 2.12 bits per heavy atom. The van der Waals surface area contributed by atoms with Crippen molar-refractivity contribution in [3.63, 3.8) is 0 Å². The van der Waals surface area contributed by atoms with Gasteiger partial charge in [0.2, 0.25) is 5.91 Å². The molecule has 1 fully saturated rings. The summed E-state index contributed by atoms with van der Waals surface area (Å²) in [5, 5.41) is 9.45. The van der Waals surface area contributed by atoms with Crippen molar-refractivity contribution >= 4 is 5.91 Å². The number of hydrogen-bond donors (Lipinski definition) is 3. The molecule has 0 radical (unpaired) electrons. The molecule has 4 nitrogen and oxygen atoms in total. The maximum Gasteiger partial charge on any atom is 0.238 e. The van der Waals surface area contributed by atoms with E-state index < -0.39 is 0 Å². The molecule has 0 saturated carbocycles. The maximum absolute atomic E-state index is 11.9. The number of rotatable bonds is 4. The van der Waals surface area contributed by atoms with Crippen molar-refractivity contribution in [2.45, 2.75) is 33.7 Å². The van der Waals surface area contributed by atoms with Crippen molar-refractivity contribution in [1.82, 2.24) is 16.0 Å². The van der Waals surface area contributed by atoms with Crippen molar-refractivity contribution in [2.24, 2.45) is 11.3 Å². The van der Waals surface area contributed by atoms with Gasteiger partial charge in [-0.2, -0.15) is 0 Å². The van der Waals surface area contributed by atoms with Crippen LogP contribution in [0, 0.1) is 11.3 Å². The van der Waals surface area contributed by atoms with Crippen LogP contribution in [0.25, 0.3) is 0 Å². The molecule has 1 heterocycles. The first kappa shape index (κ1) is 13.5. The van der Waals surface area contributed by atoms with Gasteiger partial charge in [0.1, 0.15) is 0 Å². The average Bonchev–Trinajstić information content (AvgIpc) is 2.27. The van der Waals surface area contributed by atoms with E-state index in [1.165, 1.54) is 0 Å². The van der Waals surface area contributed by atoms with E-state index in [9.17, 15) is 4.79 Å². The quantitative estimate of drug-likeness (QED) is 0.649. The molecule has 94 valence electrons. The first-order valence-corrected chi connectivity index (χ1v) is 6.15. The molecule has 4 heteroatoms. The number of carbonyl (C=O) groups excluding carboxylic acids is 1. The van der Waals surface area contributed by atoms with Gasteiger partial charge in [-0.05, 0) is 11.3 Å². The fraction of sp³-hybridized carbons (Fsp3) is 0.917. The lowest BCUT2D eigenvalue weighted by Gasteiger charge is -2.31. The number of hydrogen-bond acceptors (Lipinski definition) is 3. The minimum Gasteiger partial charge on any atom is -0.354 e. The summed E-state index contributed by atoms with van der Waals surface area (Å²) >= 11 is 0. The van der Waals surface area contributed by atoms with Gasteiger partial charge in [-0.25, -0.2) is 0 Å². The molecule has 1 unspecified atom stereocenters. The zero-order valence-corrected chi connectivity index (χ0v) is 10.9. The maximum atomic E-state index is 11.9. The Morgan fingerprint density at radius 3 is 2.62 bits per heavy atom. The molecule has 1 aliphatic heterocycles. The molecule has 0 aromatic carbocycles. The number of carbonyl (C=O) groups is 1. The van der Waals surface area contributed by atoms with Crippen LogP contribution < -0.4 is 16.0 Å². The van der Waals surface area contributed by atoms with E-state index in [0.29, 0.717) is 5.92 Å². The first-order valence-electron chi connectivity index (χ1n) is 6.15. The Morgan fingerprint density at radius 1 is 1.44 bits per heavy atom. The van der Waals surface area contributed by atoms with E-state index in [4.69, 9.17) is 0 Å². The highest BCUT2D eigenvalue weighted by atomic mass is 16.2. The average molecular weight is 227 g/mol. The van der Waals surface area contributed by atoms with E-state index in [-0.39, 0.29) is 17.4 Å². The highest BCUT2D eigenvalue weighted by molar-refractivity contribution is 5.82. The highest BCUT2D eigenvalue weighted by Gasteiger charge is 2.25. The standard InChI is InChI=1S/C12H25N3O/c1-9(2)12(3,4)8-15-11(16)10-7-13-5-6-14-10/h9-10,13-14H,5-8H2,1-4H3,(H,15,16). The first-order chi connectivity index (χ1) is 7.43. The van der Waals surface area contributed by atoms with Crippen LogP contribution in [0.5, 0.6) is 0 Å². The van der Waals surface area contributed by atoms with Crippen LogP contribution in [0.1, 0.15) is 27.7 Å². The lowest BCUT2D eigenvalue weighted by Crippen LogP contribution is -2.56. The van der Waals surface area contributed by atoms with Gasteiger partial charge in [-0.15, -0.1) is 0 Å². The number of amides is 1. The van der Waals surface area contributed by atoms with Crippen molar-refractivity contribution in [3.8, 4) is 0 Å². The summed E-state index contributed by atoms with van der Waals surface area (Å²) in [5.74, 6) is 0.672. The van der Waals surface area contributed by atoms with Crippen molar-refractivity contribution in [1.29, 1.82) is 0 Å². The summed E-state index contributed by atoms with van der Waals surface area (Å²) in [6.07, 6.45) is 0. The zero-order valence-electron chi connectivity index (χ0n) is 10.9. The van der Waals surface area contributed by atoms with Crippen LogP contribution in [0.3, 0.4) is 0 Å². The molecular weight excluding hydrogens is 202 g/mol. The normalized spacial score (nSPS) is 22.2. The molecular formula is C12H25N3O.